The Morgan fingerprint density at radius 1 is 1.28 bits per heavy atom. The number of methoxy groups -OCH3 is 1. The van der Waals surface area contributed by atoms with Crippen molar-refractivity contribution >= 4 is 11.8 Å². The molecule has 0 unspecified atom stereocenters. The van der Waals surface area contributed by atoms with Gasteiger partial charge in [0, 0.05) is 39.7 Å². The normalized spacial score (nSPS) is 15.1. The Balaban J connectivity index is 1.70. The van der Waals surface area contributed by atoms with Crippen LogP contribution in [0.1, 0.15) is 36.0 Å². The molecule has 0 radical (unpaired) electrons. The minimum atomic E-state index is -0.146. The van der Waals surface area contributed by atoms with E-state index >= 15 is 0 Å². The molecule has 1 N–H and O–H groups in total. The monoisotopic (exact) mass is 351 g/mol. The molecule has 140 valence electrons. The van der Waals surface area contributed by atoms with Crippen LogP contribution in [0.2, 0.25) is 0 Å². The molecule has 0 aliphatic carbocycles. The highest BCUT2D eigenvalue weighted by molar-refractivity contribution is 5.94. The number of ether oxygens (including phenoxy) is 1. The van der Waals surface area contributed by atoms with Crippen LogP contribution >= 0.6 is 0 Å². The van der Waals surface area contributed by atoms with Crippen molar-refractivity contribution in [3.63, 3.8) is 0 Å². The number of hydrogen-bond donors (Lipinski definition) is 1. The zero-order valence-corrected chi connectivity index (χ0v) is 15.0. The van der Waals surface area contributed by atoms with Gasteiger partial charge in [-0.15, -0.1) is 0 Å². The van der Waals surface area contributed by atoms with Gasteiger partial charge in [0.25, 0.3) is 5.91 Å². The second-order valence-electron chi connectivity index (χ2n) is 6.30. The van der Waals surface area contributed by atoms with Gasteiger partial charge in [-0.2, -0.15) is 0 Å². The molecular weight excluding hydrogens is 322 g/mol. The molecule has 0 aromatic carbocycles. The van der Waals surface area contributed by atoms with E-state index in [0.29, 0.717) is 31.8 Å². The summed E-state index contributed by atoms with van der Waals surface area (Å²) in [6.07, 6.45) is 6.98. The number of furan rings is 1. The van der Waals surface area contributed by atoms with E-state index in [1.165, 1.54) is 31.8 Å². The predicted molar refractivity (Wildman–Crippen MR) is 94.4 cm³/mol. The van der Waals surface area contributed by atoms with Gasteiger partial charge in [0.1, 0.15) is 6.26 Å². The molecule has 1 fully saturated rings. The first-order chi connectivity index (χ1) is 12.2. The highest BCUT2D eigenvalue weighted by Crippen LogP contribution is 2.08. The lowest BCUT2D eigenvalue weighted by molar-refractivity contribution is -0.121. The number of rotatable bonds is 10. The summed E-state index contributed by atoms with van der Waals surface area (Å²) in [5.74, 6) is -0.175. The van der Waals surface area contributed by atoms with Crippen LogP contribution in [-0.2, 0) is 9.53 Å². The summed E-state index contributed by atoms with van der Waals surface area (Å²) < 4.78 is 10.0. The zero-order valence-electron chi connectivity index (χ0n) is 15.0. The summed E-state index contributed by atoms with van der Waals surface area (Å²) in [7, 11) is 1.59. The Hall–Kier alpha value is -1.86. The number of hydrogen-bond acceptors (Lipinski definition) is 5. The molecule has 1 aromatic heterocycles. The standard InChI is InChI=1S/C18H29N3O4/c1-24-14-12-21(18(23)16-6-13-25-15-16)10-5-17(22)19-7-11-20-8-3-2-4-9-20/h6,13,15H,2-5,7-12,14H2,1H3,(H,19,22). The number of amides is 2. The number of carbonyl (C=O) groups excluding carboxylic acids is 2. The number of piperidine rings is 1. The van der Waals surface area contributed by atoms with E-state index in [1.54, 1.807) is 18.1 Å². The van der Waals surface area contributed by atoms with Gasteiger partial charge in [-0.05, 0) is 32.0 Å². The molecule has 0 spiro atoms. The summed E-state index contributed by atoms with van der Waals surface area (Å²) in [6, 6.07) is 1.63. The van der Waals surface area contributed by atoms with E-state index < -0.39 is 0 Å². The van der Waals surface area contributed by atoms with Crippen LogP contribution in [-0.4, -0.2) is 74.6 Å². The third-order valence-corrected chi connectivity index (χ3v) is 4.43. The summed E-state index contributed by atoms with van der Waals surface area (Å²) in [4.78, 5) is 28.5. The van der Waals surface area contributed by atoms with Crippen LogP contribution in [0.25, 0.3) is 0 Å². The molecular formula is C18H29N3O4. The molecule has 1 aliphatic rings. The summed E-state index contributed by atoms with van der Waals surface area (Å²) in [5, 5.41) is 2.95. The van der Waals surface area contributed by atoms with Crippen molar-refractivity contribution in [2.75, 3.05) is 53.0 Å². The van der Waals surface area contributed by atoms with Crippen molar-refractivity contribution in [2.24, 2.45) is 0 Å². The fourth-order valence-electron chi connectivity index (χ4n) is 2.95. The molecule has 0 atom stereocenters. The third-order valence-electron chi connectivity index (χ3n) is 4.43. The second-order valence-corrected chi connectivity index (χ2v) is 6.30. The molecule has 2 rings (SSSR count). The van der Waals surface area contributed by atoms with E-state index in [-0.39, 0.29) is 18.2 Å². The molecule has 1 aromatic rings. The molecule has 7 nitrogen and oxygen atoms in total. The highest BCUT2D eigenvalue weighted by atomic mass is 16.5. The van der Waals surface area contributed by atoms with Gasteiger partial charge in [-0.1, -0.05) is 6.42 Å². The molecule has 2 heterocycles. The minimum absolute atomic E-state index is 0.0283. The summed E-state index contributed by atoms with van der Waals surface area (Å²) in [6.45, 7) is 5.05. The number of likely N-dealkylation sites (tertiary alicyclic amines) is 1. The van der Waals surface area contributed by atoms with Crippen molar-refractivity contribution in [1.29, 1.82) is 0 Å². The molecule has 25 heavy (non-hydrogen) atoms. The average Bonchev–Trinajstić information content (AvgIpc) is 3.17. The number of carbonyl (C=O) groups is 2. The molecule has 1 aliphatic heterocycles. The van der Waals surface area contributed by atoms with Gasteiger partial charge in [-0.25, -0.2) is 0 Å². The fraction of sp³-hybridized carbons (Fsp3) is 0.667. The molecule has 2 amide bonds. The maximum atomic E-state index is 12.4. The highest BCUT2D eigenvalue weighted by Gasteiger charge is 2.18. The van der Waals surface area contributed by atoms with Gasteiger partial charge >= 0.3 is 0 Å². The number of nitrogens with zero attached hydrogens (tertiary/aromatic N) is 2. The van der Waals surface area contributed by atoms with Crippen LogP contribution in [0.15, 0.2) is 23.0 Å². The maximum absolute atomic E-state index is 12.4. The zero-order chi connectivity index (χ0) is 17.9. The van der Waals surface area contributed by atoms with Crippen LogP contribution in [0.4, 0.5) is 0 Å². The Labute approximate surface area is 149 Å². The van der Waals surface area contributed by atoms with E-state index in [0.717, 1.165) is 19.6 Å². The first-order valence-electron chi connectivity index (χ1n) is 9.00. The Morgan fingerprint density at radius 3 is 2.76 bits per heavy atom. The van der Waals surface area contributed by atoms with Gasteiger partial charge in [0.05, 0.1) is 18.4 Å². The molecule has 0 saturated carbocycles. The SMILES string of the molecule is COCCN(CCC(=O)NCCN1CCCCC1)C(=O)c1ccoc1. The quantitative estimate of drug-likeness (QED) is 0.689. The van der Waals surface area contributed by atoms with Gasteiger partial charge in [0.2, 0.25) is 5.91 Å². The minimum Gasteiger partial charge on any atom is -0.472 e. The fourth-order valence-corrected chi connectivity index (χ4v) is 2.95. The second kappa shape index (κ2) is 10.9. The van der Waals surface area contributed by atoms with Crippen molar-refractivity contribution in [3.05, 3.63) is 24.2 Å². The lowest BCUT2D eigenvalue weighted by atomic mass is 10.1. The van der Waals surface area contributed by atoms with Gasteiger partial charge in [-0.3, -0.25) is 9.59 Å². The Bertz CT molecular complexity index is 512. The Morgan fingerprint density at radius 2 is 2.08 bits per heavy atom. The van der Waals surface area contributed by atoms with Crippen LogP contribution in [0.5, 0.6) is 0 Å². The lowest BCUT2D eigenvalue weighted by Crippen LogP contribution is -2.40. The van der Waals surface area contributed by atoms with E-state index in [2.05, 4.69) is 10.2 Å². The van der Waals surface area contributed by atoms with Crippen molar-refractivity contribution in [2.45, 2.75) is 25.7 Å². The lowest BCUT2D eigenvalue weighted by Gasteiger charge is -2.26. The van der Waals surface area contributed by atoms with Gasteiger partial charge in [0.15, 0.2) is 0 Å². The topological polar surface area (TPSA) is 75.0 Å². The van der Waals surface area contributed by atoms with Crippen molar-refractivity contribution in [3.8, 4) is 0 Å². The summed E-state index contributed by atoms with van der Waals surface area (Å²) in [5.41, 5.74) is 0.488. The first-order valence-corrected chi connectivity index (χ1v) is 9.00. The van der Waals surface area contributed by atoms with Crippen LogP contribution in [0, 0.1) is 0 Å². The predicted octanol–water partition coefficient (Wildman–Crippen LogP) is 1.36. The smallest absolute Gasteiger partial charge is 0.257 e. The van der Waals surface area contributed by atoms with Crippen LogP contribution in [0.3, 0.4) is 0 Å². The molecule has 1 saturated heterocycles. The number of nitrogens with one attached hydrogen (secondary N) is 1. The maximum Gasteiger partial charge on any atom is 0.257 e. The first kappa shape index (κ1) is 19.5. The third kappa shape index (κ3) is 6.88. The summed E-state index contributed by atoms with van der Waals surface area (Å²) >= 11 is 0. The van der Waals surface area contributed by atoms with Crippen molar-refractivity contribution < 1.29 is 18.7 Å². The molecule has 0 bridgehead atoms. The average molecular weight is 351 g/mol. The van der Waals surface area contributed by atoms with Crippen LogP contribution < -0.4 is 5.32 Å². The van der Waals surface area contributed by atoms with E-state index in [1.807, 2.05) is 0 Å². The van der Waals surface area contributed by atoms with Crippen molar-refractivity contribution in [1.82, 2.24) is 15.1 Å². The molecule has 7 heteroatoms. The van der Waals surface area contributed by atoms with Gasteiger partial charge < -0.3 is 24.3 Å². The largest absolute Gasteiger partial charge is 0.472 e. The van der Waals surface area contributed by atoms with E-state index in [4.69, 9.17) is 9.15 Å². The van der Waals surface area contributed by atoms with E-state index in [9.17, 15) is 9.59 Å². The Kier molecular flexibility index (Phi) is 8.48.